The van der Waals surface area contributed by atoms with Crippen LogP contribution in [0.5, 0.6) is 11.5 Å². The molecule has 1 unspecified atom stereocenters. The molecule has 3 heteroatoms. The first-order chi connectivity index (χ1) is 7.72. The molecular weight excluding hydrogens is 204 g/mol. The molecule has 0 spiro atoms. The lowest BCUT2D eigenvalue weighted by atomic mass is 10.2. The van der Waals surface area contributed by atoms with E-state index < -0.39 is 0 Å². The standard InChI is InChI=1S/C13H20O3/c1-3-15-12-7-4-8-13(10-12)16-9-5-6-11(2)14/h4,7-8,10-11,14H,3,5-6,9H2,1-2H3. The molecule has 0 aliphatic carbocycles. The summed E-state index contributed by atoms with van der Waals surface area (Å²) in [7, 11) is 0. The van der Waals surface area contributed by atoms with E-state index >= 15 is 0 Å². The Morgan fingerprint density at radius 2 is 1.94 bits per heavy atom. The molecule has 1 aromatic rings. The second kappa shape index (κ2) is 7.12. The van der Waals surface area contributed by atoms with Gasteiger partial charge in [0.05, 0.1) is 19.3 Å². The van der Waals surface area contributed by atoms with Crippen molar-refractivity contribution in [1.29, 1.82) is 0 Å². The van der Waals surface area contributed by atoms with Crippen LogP contribution in [0.15, 0.2) is 24.3 Å². The van der Waals surface area contributed by atoms with Gasteiger partial charge in [-0.25, -0.2) is 0 Å². The fourth-order valence-electron chi connectivity index (χ4n) is 1.39. The van der Waals surface area contributed by atoms with Gasteiger partial charge in [-0.15, -0.1) is 0 Å². The average molecular weight is 224 g/mol. The van der Waals surface area contributed by atoms with Crippen molar-refractivity contribution in [2.45, 2.75) is 32.8 Å². The molecule has 1 atom stereocenters. The Balaban J connectivity index is 2.33. The molecule has 1 rings (SSSR count). The van der Waals surface area contributed by atoms with Crippen molar-refractivity contribution in [2.24, 2.45) is 0 Å². The van der Waals surface area contributed by atoms with E-state index in [2.05, 4.69) is 0 Å². The van der Waals surface area contributed by atoms with E-state index in [1.54, 1.807) is 6.92 Å². The van der Waals surface area contributed by atoms with E-state index in [0.29, 0.717) is 13.2 Å². The van der Waals surface area contributed by atoms with Gasteiger partial charge in [0.1, 0.15) is 11.5 Å². The van der Waals surface area contributed by atoms with Gasteiger partial charge in [0.25, 0.3) is 0 Å². The molecule has 0 saturated heterocycles. The van der Waals surface area contributed by atoms with E-state index in [1.807, 2.05) is 31.2 Å². The highest BCUT2D eigenvalue weighted by Crippen LogP contribution is 2.19. The monoisotopic (exact) mass is 224 g/mol. The molecule has 0 radical (unpaired) electrons. The Bertz CT molecular complexity index is 297. The maximum atomic E-state index is 9.09. The average Bonchev–Trinajstić information content (AvgIpc) is 2.25. The molecule has 0 aromatic heterocycles. The summed E-state index contributed by atoms with van der Waals surface area (Å²) in [5.41, 5.74) is 0. The van der Waals surface area contributed by atoms with Crippen LogP contribution in [-0.2, 0) is 0 Å². The van der Waals surface area contributed by atoms with E-state index in [-0.39, 0.29) is 6.10 Å². The first-order valence-corrected chi connectivity index (χ1v) is 5.76. The number of rotatable bonds is 7. The van der Waals surface area contributed by atoms with Crippen molar-refractivity contribution >= 4 is 0 Å². The predicted molar refractivity (Wildman–Crippen MR) is 64.0 cm³/mol. The van der Waals surface area contributed by atoms with Gasteiger partial charge in [-0.3, -0.25) is 0 Å². The number of aliphatic hydroxyl groups is 1. The van der Waals surface area contributed by atoms with E-state index in [4.69, 9.17) is 14.6 Å². The van der Waals surface area contributed by atoms with Crippen LogP contribution in [0, 0.1) is 0 Å². The highest BCUT2D eigenvalue weighted by Gasteiger charge is 1.99. The molecule has 0 heterocycles. The molecule has 90 valence electrons. The Labute approximate surface area is 97.0 Å². The highest BCUT2D eigenvalue weighted by molar-refractivity contribution is 5.32. The number of aliphatic hydroxyl groups excluding tert-OH is 1. The molecule has 1 N–H and O–H groups in total. The van der Waals surface area contributed by atoms with Crippen LogP contribution >= 0.6 is 0 Å². The normalized spacial score (nSPS) is 12.2. The van der Waals surface area contributed by atoms with Crippen LogP contribution in [-0.4, -0.2) is 24.4 Å². The summed E-state index contributed by atoms with van der Waals surface area (Å²) in [6.07, 6.45) is 1.38. The molecule has 0 aliphatic heterocycles. The van der Waals surface area contributed by atoms with Crippen molar-refractivity contribution in [3.05, 3.63) is 24.3 Å². The van der Waals surface area contributed by atoms with Crippen LogP contribution in [0.2, 0.25) is 0 Å². The quantitative estimate of drug-likeness (QED) is 0.724. The minimum absolute atomic E-state index is 0.252. The Morgan fingerprint density at radius 1 is 1.25 bits per heavy atom. The number of benzene rings is 1. The first kappa shape index (κ1) is 12.8. The second-order valence-corrected chi connectivity index (χ2v) is 3.75. The van der Waals surface area contributed by atoms with E-state index in [0.717, 1.165) is 24.3 Å². The Hall–Kier alpha value is -1.22. The Kier molecular flexibility index (Phi) is 5.72. The topological polar surface area (TPSA) is 38.7 Å². The summed E-state index contributed by atoms with van der Waals surface area (Å²) in [6, 6.07) is 7.61. The summed E-state index contributed by atoms with van der Waals surface area (Å²) in [5.74, 6) is 1.65. The molecule has 0 amide bonds. The summed E-state index contributed by atoms with van der Waals surface area (Å²) in [6.45, 7) is 5.03. The molecule has 0 aliphatic rings. The zero-order valence-corrected chi connectivity index (χ0v) is 9.98. The van der Waals surface area contributed by atoms with Gasteiger partial charge < -0.3 is 14.6 Å². The predicted octanol–water partition coefficient (Wildman–Crippen LogP) is 2.63. The lowest BCUT2D eigenvalue weighted by molar-refractivity contribution is 0.170. The van der Waals surface area contributed by atoms with Gasteiger partial charge in [0.15, 0.2) is 0 Å². The van der Waals surface area contributed by atoms with Crippen LogP contribution in [0.4, 0.5) is 0 Å². The minimum atomic E-state index is -0.252. The van der Waals surface area contributed by atoms with Crippen LogP contribution in [0.1, 0.15) is 26.7 Å². The third kappa shape index (κ3) is 5.03. The molecule has 3 nitrogen and oxygen atoms in total. The van der Waals surface area contributed by atoms with E-state index in [1.165, 1.54) is 0 Å². The zero-order valence-electron chi connectivity index (χ0n) is 9.98. The summed E-state index contributed by atoms with van der Waals surface area (Å²) in [4.78, 5) is 0. The molecule has 0 saturated carbocycles. The Morgan fingerprint density at radius 3 is 2.56 bits per heavy atom. The largest absolute Gasteiger partial charge is 0.494 e. The van der Waals surface area contributed by atoms with Gasteiger partial charge in [0, 0.05) is 6.07 Å². The molecule has 1 aromatic carbocycles. The van der Waals surface area contributed by atoms with Crippen LogP contribution < -0.4 is 9.47 Å². The third-order valence-corrected chi connectivity index (χ3v) is 2.15. The van der Waals surface area contributed by atoms with Crippen LogP contribution in [0.3, 0.4) is 0 Å². The van der Waals surface area contributed by atoms with Gasteiger partial charge >= 0.3 is 0 Å². The highest BCUT2D eigenvalue weighted by atomic mass is 16.5. The zero-order chi connectivity index (χ0) is 11.8. The molecule has 0 bridgehead atoms. The van der Waals surface area contributed by atoms with Gasteiger partial charge in [0.2, 0.25) is 0 Å². The summed E-state index contributed by atoms with van der Waals surface area (Å²) in [5, 5.41) is 9.09. The number of ether oxygens (including phenoxy) is 2. The van der Waals surface area contributed by atoms with Crippen molar-refractivity contribution in [2.75, 3.05) is 13.2 Å². The van der Waals surface area contributed by atoms with Crippen molar-refractivity contribution in [3.63, 3.8) is 0 Å². The SMILES string of the molecule is CCOc1cccc(OCCCC(C)O)c1. The van der Waals surface area contributed by atoms with Crippen molar-refractivity contribution in [3.8, 4) is 11.5 Å². The molecular formula is C13H20O3. The molecule has 0 fully saturated rings. The fourth-order valence-corrected chi connectivity index (χ4v) is 1.39. The maximum Gasteiger partial charge on any atom is 0.122 e. The lowest BCUT2D eigenvalue weighted by Gasteiger charge is -2.09. The van der Waals surface area contributed by atoms with Crippen molar-refractivity contribution in [1.82, 2.24) is 0 Å². The third-order valence-electron chi connectivity index (χ3n) is 2.15. The lowest BCUT2D eigenvalue weighted by Crippen LogP contribution is -2.04. The van der Waals surface area contributed by atoms with Crippen molar-refractivity contribution < 1.29 is 14.6 Å². The number of hydrogen-bond donors (Lipinski definition) is 1. The van der Waals surface area contributed by atoms with Crippen LogP contribution in [0.25, 0.3) is 0 Å². The van der Waals surface area contributed by atoms with Gasteiger partial charge in [-0.05, 0) is 38.8 Å². The maximum absolute atomic E-state index is 9.09. The second-order valence-electron chi connectivity index (χ2n) is 3.75. The van der Waals surface area contributed by atoms with Gasteiger partial charge in [-0.1, -0.05) is 6.07 Å². The molecule has 16 heavy (non-hydrogen) atoms. The number of hydrogen-bond acceptors (Lipinski definition) is 3. The smallest absolute Gasteiger partial charge is 0.122 e. The van der Waals surface area contributed by atoms with Gasteiger partial charge in [-0.2, -0.15) is 0 Å². The van der Waals surface area contributed by atoms with E-state index in [9.17, 15) is 0 Å². The summed E-state index contributed by atoms with van der Waals surface area (Å²) >= 11 is 0. The minimum Gasteiger partial charge on any atom is -0.494 e. The fraction of sp³-hybridized carbons (Fsp3) is 0.538. The first-order valence-electron chi connectivity index (χ1n) is 5.76. The summed E-state index contributed by atoms with van der Waals surface area (Å²) < 4.78 is 10.9.